The molecule has 0 unspecified atom stereocenters. The number of rotatable bonds is 3. The molecular formula is C20H23N3O2. The van der Waals surface area contributed by atoms with Crippen molar-refractivity contribution in [3.05, 3.63) is 64.2 Å². The molecule has 0 aliphatic rings. The van der Waals surface area contributed by atoms with Crippen LogP contribution < -0.4 is 10.7 Å². The summed E-state index contributed by atoms with van der Waals surface area (Å²) in [6.07, 6.45) is 0. The molecule has 25 heavy (non-hydrogen) atoms. The zero-order chi connectivity index (χ0) is 18.6. The normalized spacial score (nSPS) is 11.2. The van der Waals surface area contributed by atoms with Gasteiger partial charge in [-0.15, -0.1) is 0 Å². The van der Waals surface area contributed by atoms with Crippen LogP contribution in [0.25, 0.3) is 0 Å². The van der Waals surface area contributed by atoms with Gasteiger partial charge in [0.25, 0.3) is 0 Å². The summed E-state index contributed by atoms with van der Waals surface area (Å²) in [4.78, 5) is 23.9. The second kappa shape index (κ2) is 7.75. The van der Waals surface area contributed by atoms with Gasteiger partial charge in [-0.25, -0.2) is 5.43 Å². The molecular weight excluding hydrogens is 314 g/mol. The number of hydrogen-bond donors (Lipinski definition) is 2. The summed E-state index contributed by atoms with van der Waals surface area (Å²) in [5.74, 6) is -1.56. The lowest BCUT2D eigenvalue weighted by Gasteiger charge is -2.11. The molecule has 2 amide bonds. The highest BCUT2D eigenvalue weighted by Gasteiger charge is 2.14. The molecule has 0 atom stereocenters. The third-order valence-corrected chi connectivity index (χ3v) is 3.88. The van der Waals surface area contributed by atoms with E-state index in [4.69, 9.17) is 0 Å². The van der Waals surface area contributed by atoms with Gasteiger partial charge >= 0.3 is 11.8 Å². The second-order valence-electron chi connectivity index (χ2n) is 6.23. The van der Waals surface area contributed by atoms with Gasteiger partial charge < -0.3 is 5.32 Å². The van der Waals surface area contributed by atoms with Crippen LogP contribution in [0, 0.1) is 27.7 Å². The number of carbonyl (C=O) groups is 2. The number of anilines is 1. The third-order valence-electron chi connectivity index (χ3n) is 3.88. The minimum atomic E-state index is -0.803. The molecule has 0 heterocycles. The number of carbonyl (C=O) groups excluding carboxylic acids is 2. The number of amides is 2. The van der Waals surface area contributed by atoms with Gasteiger partial charge in [-0.1, -0.05) is 35.4 Å². The molecule has 0 fully saturated rings. The Bertz CT molecular complexity index is 814. The Labute approximate surface area is 148 Å². The van der Waals surface area contributed by atoms with Gasteiger partial charge in [-0.2, -0.15) is 5.10 Å². The fourth-order valence-corrected chi connectivity index (χ4v) is 2.82. The maximum Gasteiger partial charge on any atom is 0.329 e. The molecule has 0 aliphatic heterocycles. The number of aryl methyl sites for hydroxylation is 4. The summed E-state index contributed by atoms with van der Waals surface area (Å²) < 4.78 is 0. The average molecular weight is 337 g/mol. The van der Waals surface area contributed by atoms with Crippen molar-refractivity contribution < 1.29 is 9.59 Å². The van der Waals surface area contributed by atoms with E-state index in [-0.39, 0.29) is 0 Å². The summed E-state index contributed by atoms with van der Waals surface area (Å²) in [5.41, 5.74) is 8.93. The average Bonchev–Trinajstić information content (AvgIpc) is 2.53. The fraction of sp³-hybridized carbons (Fsp3) is 0.250. The van der Waals surface area contributed by atoms with Crippen molar-refractivity contribution in [2.24, 2.45) is 5.10 Å². The molecule has 2 aromatic carbocycles. The zero-order valence-electron chi connectivity index (χ0n) is 15.2. The van der Waals surface area contributed by atoms with E-state index in [1.165, 1.54) is 5.56 Å². The van der Waals surface area contributed by atoms with Crippen LogP contribution in [0.2, 0.25) is 0 Å². The molecule has 0 aromatic heterocycles. The Hall–Kier alpha value is -2.95. The van der Waals surface area contributed by atoms with Crippen LogP contribution in [0.4, 0.5) is 5.69 Å². The van der Waals surface area contributed by atoms with Crippen molar-refractivity contribution in [1.82, 2.24) is 5.43 Å². The Morgan fingerprint density at radius 2 is 1.40 bits per heavy atom. The fourth-order valence-electron chi connectivity index (χ4n) is 2.82. The van der Waals surface area contributed by atoms with E-state index in [1.807, 2.05) is 46.8 Å². The van der Waals surface area contributed by atoms with Crippen LogP contribution in [0.15, 0.2) is 41.5 Å². The molecule has 2 N–H and O–H groups in total. The van der Waals surface area contributed by atoms with Crippen LogP contribution in [0.3, 0.4) is 0 Å². The lowest BCUT2D eigenvalue weighted by atomic mass is 9.97. The number of nitrogens with zero attached hydrogens (tertiary/aromatic N) is 1. The topological polar surface area (TPSA) is 70.6 Å². The van der Waals surface area contributed by atoms with Gasteiger partial charge in [-0.05, 0) is 57.9 Å². The van der Waals surface area contributed by atoms with E-state index in [9.17, 15) is 9.59 Å². The summed E-state index contributed by atoms with van der Waals surface area (Å²) in [7, 11) is 0. The molecule has 2 aromatic rings. The predicted molar refractivity (Wildman–Crippen MR) is 101 cm³/mol. The van der Waals surface area contributed by atoms with Crippen molar-refractivity contribution >= 4 is 23.2 Å². The van der Waals surface area contributed by atoms with Crippen LogP contribution in [0.1, 0.15) is 34.7 Å². The number of benzene rings is 2. The minimum absolute atomic E-state index is 0.566. The maximum atomic E-state index is 11.9. The van der Waals surface area contributed by atoms with Crippen molar-refractivity contribution in [2.45, 2.75) is 34.6 Å². The Morgan fingerprint density at radius 1 is 0.840 bits per heavy atom. The van der Waals surface area contributed by atoms with Gasteiger partial charge in [0, 0.05) is 11.3 Å². The highest BCUT2D eigenvalue weighted by atomic mass is 16.2. The van der Waals surface area contributed by atoms with Gasteiger partial charge in [0.1, 0.15) is 0 Å². The smallest absolute Gasteiger partial charge is 0.318 e. The minimum Gasteiger partial charge on any atom is -0.318 e. The number of nitrogens with one attached hydrogen (secondary N) is 2. The zero-order valence-corrected chi connectivity index (χ0v) is 15.2. The molecule has 5 nitrogen and oxygen atoms in total. The van der Waals surface area contributed by atoms with E-state index in [1.54, 1.807) is 12.1 Å². The van der Waals surface area contributed by atoms with Gasteiger partial charge in [0.2, 0.25) is 0 Å². The Morgan fingerprint density at radius 3 is 1.96 bits per heavy atom. The first-order chi connectivity index (χ1) is 11.8. The Kier molecular flexibility index (Phi) is 5.70. The van der Waals surface area contributed by atoms with Gasteiger partial charge in [-0.3, -0.25) is 9.59 Å². The van der Waals surface area contributed by atoms with Crippen molar-refractivity contribution in [3.8, 4) is 0 Å². The lowest BCUT2D eigenvalue weighted by molar-refractivity contribution is -0.136. The number of hydrogen-bond acceptors (Lipinski definition) is 3. The SMILES string of the molecule is C/C(=N/NC(=O)C(=O)Nc1ccc(C)cc1)c1c(C)cc(C)cc1C. The van der Waals surface area contributed by atoms with E-state index in [0.29, 0.717) is 11.4 Å². The second-order valence-corrected chi connectivity index (χ2v) is 6.23. The number of hydrazone groups is 1. The summed E-state index contributed by atoms with van der Waals surface area (Å²) >= 11 is 0. The van der Waals surface area contributed by atoms with Crippen molar-refractivity contribution in [3.63, 3.8) is 0 Å². The molecule has 5 heteroatoms. The van der Waals surface area contributed by atoms with Gasteiger partial charge in [0.15, 0.2) is 0 Å². The Balaban J connectivity index is 2.06. The molecule has 0 saturated carbocycles. The highest BCUT2D eigenvalue weighted by molar-refractivity contribution is 6.39. The van der Waals surface area contributed by atoms with Crippen LogP contribution in [-0.4, -0.2) is 17.5 Å². The van der Waals surface area contributed by atoms with Crippen LogP contribution in [-0.2, 0) is 9.59 Å². The first-order valence-corrected chi connectivity index (χ1v) is 8.08. The molecule has 0 aliphatic carbocycles. The van der Waals surface area contributed by atoms with E-state index < -0.39 is 11.8 Å². The summed E-state index contributed by atoms with van der Waals surface area (Å²) in [5, 5.41) is 6.62. The summed E-state index contributed by atoms with van der Waals surface area (Å²) in [6, 6.07) is 11.3. The van der Waals surface area contributed by atoms with Gasteiger partial charge in [0.05, 0.1) is 5.71 Å². The van der Waals surface area contributed by atoms with Crippen LogP contribution >= 0.6 is 0 Å². The monoisotopic (exact) mass is 337 g/mol. The molecule has 0 spiro atoms. The molecule has 0 radical (unpaired) electrons. The van der Waals surface area contributed by atoms with E-state index >= 15 is 0 Å². The summed E-state index contributed by atoms with van der Waals surface area (Å²) in [6.45, 7) is 9.79. The van der Waals surface area contributed by atoms with E-state index in [0.717, 1.165) is 22.3 Å². The maximum absolute atomic E-state index is 11.9. The highest BCUT2D eigenvalue weighted by Crippen LogP contribution is 2.17. The van der Waals surface area contributed by atoms with Crippen molar-refractivity contribution in [1.29, 1.82) is 0 Å². The predicted octanol–water partition coefficient (Wildman–Crippen LogP) is 3.40. The molecule has 0 saturated heterocycles. The molecule has 2 rings (SSSR count). The molecule has 0 bridgehead atoms. The lowest BCUT2D eigenvalue weighted by Crippen LogP contribution is -2.33. The quantitative estimate of drug-likeness (QED) is 0.512. The largest absolute Gasteiger partial charge is 0.329 e. The van der Waals surface area contributed by atoms with Crippen molar-refractivity contribution in [2.75, 3.05) is 5.32 Å². The molecule has 130 valence electrons. The van der Waals surface area contributed by atoms with E-state index in [2.05, 4.69) is 28.0 Å². The third kappa shape index (κ3) is 4.76. The first kappa shape index (κ1) is 18.4. The standard InChI is InChI=1S/C20H23N3O2/c1-12-6-8-17(9-7-12)21-19(24)20(25)23-22-16(5)18-14(3)10-13(2)11-15(18)4/h6-11H,1-5H3,(H,21,24)(H,23,25)/b22-16-. The first-order valence-electron chi connectivity index (χ1n) is 8.08. The van der Waals surface area contributed by atoms with Crippen LogP contribution in [0.5, 0.6) is 0 Å².